The van der Waals surface area contributed by atoms with Crippen molar-refractivity contribution in [2.45, 2.75) is 26.4 Å². The maximum absolute atomic E-state index is 9.61. The quantitative estimate of drug-likeness (QED) is 0.614. The van der Waals surface area contributed by atoms with Crippen LogP contribution >= 0.6 is 0 Å². The topological polar surface area (TPSA) is 55.5 Å². The van der Waals surface area contributed by atoms with Crippen molar-refractivity contribution in [2.75, 3.05) is 0 Å². The summed E-state index contributed by atoms with van der Waals surface area (Å²) >= 11 is 0. The molecule has 0 aromatic rings. The van der Waals surface area contributed by atoms with Crippen LogP contribution in [-0.2, 0) is 4.65 Å². The minimum absolute atomic E-state index is 0.515. The van der Waals surface area contributed by atoms with Crippen LogP contribution in [0.1, 0.15) is 20.8 Å². The third-order valence-corrected chi connectivity index (χ3v) is 2.40. The van der Waals surface area contributed by atoms with Crippen molar-refractivity contribution in [2.24, 2.45) is 5.73 Å². The molecule has 1 aliphatic heterocycles. The molecule has 0 aliphatic carbocycles. The summed E-state index contributed by atoms with van der Waals surface area (Å²) in [5, 5.41) is 9.61. The fourth-order valence-corrected chi connectivity index (χ4v) is 1.33. The monoisotopic (exact) mass is 193 g/mol. The van der Waals surface area contributed by atoms with Gasteiger partial charge >= 0.3 is 7.12 Å². The first kappa shape index (κ1) is 11.1. The number of rotatable bonds is 1. The molecular weight excluding hydrogens is 177 g/mol. The zero-order chi connectivity index (χ0) is 10.9. The van der Waals surface area contributed by atoms with Gasteiger partial charge in [0.2, 0.25) is 0 Å². The van der Waals surface area contributed by atoms with Gasteiger partial charge < -0.3 is 15.4 Å². The van der Waals surface area contributed by atoms with Crippen LogP contribution in [0.3, 0.4) is 0 Å². The molecule has 0 atom stereocenters. The average molecular weight is 193 g/mol. The van der Waals surface area contributed by atoms with E-state index in [9.17, 15) is 5.02 Å². The van der Waals surface area contributed by atoms with Crippen LogP contribution in [0.4, 0.5) is 0 Å². The van der Waals surface area contributed by atoms with Gasteiger partial charge in [0.05, 0.1) is 5.60 Å². The Morgan fingerprint density at radius 1 is 1.64 bits per heavy atom. The van der Waals surface area contributed by atoms with Crippen LogP contribution in [0.2, 0.25) is 0 Å². The lowest BCUT2D eigenvalue weighted by molar-refractivity contribution is 0.145. The highest BCUT2D eigenvalue weighted by molar-refractivity contribution is 6.55. The second-order valence-corrected chi connectivity index (χ2v) is 3.85. The van der Waals surface area contributed by atoms with E-state index in [1.165, 1.54) is 0 Å². The molecule has 76 valence electrons. The van der Waals surface area contributed by atoms with Crippen molar-refractivity contribution >= 4 is 7.12 Å². The minimum atomic E-state index is -0.920. The molecule has 14 heavy (non-hydrogen) atoms. The summed E-state index contributed by atoms with van der Waals surface area (Å²) in [6, 6.07) is 0. The largest absolute Gasteiger partial charge is 0.492 e. The molecular formula is C10H16BNO2. The van der Waals surface area contributed by atoms with E-state index in [0.29, 0.717) is 11.2 Å². The third-order valence-electron chi connectivity index (χ3n) is 2.40. The fraction of sp³-hybridized carbons (Fsp3) is 0.400. The summed E-state index contributed by atoms with van der Waals surface area (Å²) in [6.07, 6.45) is 3.46. The van der Waals surface area contributed by atoms with Crippen LogP contribution in [0.15, 0.2) is 35.5 Å². The zero-order valence-corrected chi connectivity index (χ0v) is 8.87. The van der Waals surface area contributed by atoms with E-state index < -0.39 is 12.7 Å². The summed E-state index contributed by atoms with van der Waals surface area (Å²) in [6.45, 7) is 9.46. The number of hydrogen-bond acceptors (Lipinski definition) is 3. The number of hydrogen-bond donors (Lipinski definition) is 2. The zero-order valence-electron chi connectivity index (χ0n) is 8.87. The van der Waals surface area contributed by atoms with Crippen molar-refractivity contribution in [3.8, 4) is 0 Å². The Morgan fingerprint density at radius 2 is 2.21 bits per heavy atom. The van der Waals surface area contributed by atoms with Crippen LogP contribution in [0, 0.1) is 0 Å². The molecule has 1 rings (SSSR count). The highest BCUT2D eigenvalue weighted by Gasteiger charge is 2.42. The third kappa shape index (κ3) is 1.91. The van der Waals surface area contributed by atoms with E-state index >= 15 is 0 Å². The lowest BCUT2D eigenvalue weighted by atomic mass is 9.76. The smallest absolute Gasteiger partial charge is 0.423 e. The predicted molar refractivity (Wildman–Crippen MR) is 58.3 cm³/mol. The summed E-state index contributed by atoms with van der Waals surface area (Å²) in [5.74, 6) is 0. The molecule has 1 saturated heterocycles. The summed E-state index contributed by atoms with van der Waals surface area (Å²) < 4.78 is 5.32. The van der Waals surface area contributed by atoms with Gasteiger partial charge in [-0.1, -0.05) is 12.7 Å². The summed E-state index contributed by atoms with van der Waals surface area (Å²) in [7, 11) is -0.920. The Labute approximate surface area is 85.1 Å². The van der Waals surface area contributed by atoms with Crippen molar-refractivity contribution in [3.05, 3.63) is 35.5 Å². The fourth-order valence-electron chi connectivity index (χ4n) is 1.33. The van der Waals surface area contributed by atoms with Crippen molar-refractivity contribution < 1.29 is 9.68 Å². The maximum atomic E-state index is 9.61. The van der Waals surface area contributed by atoms with Gasteiger partial charge in [-0.25, -0.2) is 0 Å². The second kappa shape index (κ2) is 3.63. The molecule has 0 unspecified atom stereocenters. The van der Waals surface area contributed by atoms with Crippen LogP contribution in [0.5, 0.6) is 0 Å². The average Bonchev–Trinajstić information content (AvgIpc) is 2.28. The normalized spacial score (nSPS) is 24.9. The standard InChI is InChI=1S/C10H16BNO2/c1-5-8(12)6-9-7(2)10(3,4)14-11(9)13/h5-6,13H,2,12H2,1,3-4H3/b8-5+,9-6+. The molecule has 0 aromatic carbocycles. The van der Waals surface area contributed by atoms with E-state index in [1.807, 2.05) is 20.8 Å². The Bertz CT molecular complexity index is 318. The lowest BCUT2D eigenvalue weighted by Gasteiger charge is -2.18. The van der Waals surface area contributed by atoms with E-state index in [0.717, 1.165) is 5.57 Å². The van der Waals surface area contributed by atoms with Gasteiger partial charge in [0, 0.05) is 5.70 Å². The van der Waals surface area contributed by atoms with Gasteiger partial charge in [-0.15, -0.1) is 0 Å². The molecule has 0 amide bonds. The molecule has 1 heterocycles. The number of nitrogens with two attached hydrogens (primary N) is 1. The first-order chi connectivity index (χ1) is 6.38. The van der Waals surface area contributed by atoms with Crippen LogP contribution in [-0.4, -0.2) is 17.7 Å². The molecule has 4 heteroatoms. The van der Waals surface area contributed by atoms with Crippen molar-refractivity contribution in [3.63, 3.8) is 0 Å². The molecule has 1 fully saturated rings. The van der Waals surface area contributed by atoms with Gasteiger partial charge in [-0.3, -0.25) is 0 Å². The van der Waals surface area contributed by atoms with E-state index in [2.05, 4.69) is 6.58 Å². The summed E-state index contributed by atoms with van der Waals surface area (Å²) in [5.41, 5.74) is 7.16. The molecule has 1 aliphatic rings. The Kier molecular flexibility index (Phi) is 2.88. The first-order valence-electron chi connectivity index (χ1n) is 4.57. The van der Waals surface area contributed by atoms with Crippen molar-refractivity contribution in [1.29, 1.82) is 0 Å². The lowest BCUT2D eigenvalue weighted by Crippen LogP contribution is -2.23. The molecule has 0 radical (unpaired) electrons. The molecule has 0 bridgehead atoms. The van der Waals surface area contributed by atoms with Gasteiger partial charge in [-0.2, -0.15) is 0 Å². The number of allylic oxidation sites excluding steroid dienone is 2. The van der Waals surface area contributed by atoms with Gasteiger partial charge in [0.15, 0.2) is 0 Å². The summed E-state index contributed by atoms with van der Waals surface area (Å²) in [4.78, 5) is 0. The molecule has 0 aromatic heterocycles. The van der Waals surface area contributed by atoms with Crippen LogP contribution < -0.4 is 5.73 Å². The van der Waals surface area contributed by atoms with Crippen LogP contribution in [0.25, 0.3) is 0 Å². The Hall–Kier alpha value is -0.995. The maximum Gasteiger partial charge on any atom is 0.492 e. The van der Waals surface area contributed by atoms with E-state index in [4.69, 9.17) is 10.4 Å². The van der Waals surface area contributed by atoms with Gasteiger partial charge in [-0.05, 0) is 37.9 Å². The molecule has 0 saturated carbocycles. The Morgan fingerprint density at radius 3 is 2.57 bits per heavy atom. The van der Waals surface area contributed by atoms with Gasteiger partial charge in [0.1, 0.15) is 0 Å². The first-order valence-corrected chi connectivity index (χ1v) is 4.57. The molecule has 3 nitrogen and oxygen atoms in total. The molecule has 0 spiro atoms. The van der Waals surface area contributed by atoms with Crippen molar-refractivity contribution in [1.82, 2.24) is 0 Å². The highest BCUT2D eigenvalue weighted by Crippen LogP contribution is 2.35. The second-order valence-electron chi connectivity index (χ2n) is 3.85. The minimum Gasteiger partial charge on any atom is -0.423 e. The SMILES string of the molecule is C=C1/C(=C\C(N)=C/C)B(O)OC1(C)C. The van der Waals surface area contributed by atoms with Gasteiger partial charge in [0.25, 0.3) is 0 Å². The molecule has 3 N–H and O–H groups in total. The Balaban J connectivity index is 3.03. The van der Waals surface area contributed by atoms with E-state index in [-0.39, 0.29) is 0 Å². The highest BCUT2D eigenvalue weighted by atomic mass is 16.5. The predicted octanol–water partition coefficient (Wildman–Crippen LogP) is 1.16. The van der Waals surface area contributed by atoms with E-state index in [1.54, 1.807) is 12.2 Å².